The van der Waals surface area contributed by atoms with Crippen LogP contribution in [0.1, 0.15) is 68.9 Å². The van der Waals surface area contributed by atoms with Gasteiger partial charge in [0.05, 0.1) is 23.5 Å². The molecule has 284 valence electrons. The minimum atomic E-state index is -0.969. The van der Waals surface area contributed by atoms with Gasteiger partial charge in [-0.2, -0.15) is 11.8 Å². The Bertz CT molecular complexity index is 1930. The van der Waals surface area contributed by atoms with Gasteiger partial charge in [-0.15, -0.1) is 6.58 Å². The summed E-state index contributed by atoms with van der Waals surface area (Å²) in [7, 11) is 0. The van der Waals surface area contributed by atoms with Crippen LogP contribution in [0.4, 0.5) is 0 Å². The van der Waals surface area contributed by atoms with Crippen molar-refractivity contribution in [3.05, 3.63) is 126 Å². The SMILES string of the molecule is C=CCOC12Oc3ccc(Oc4ccc5ccccc5c4)cc3C3C(CCCCO)C(CCCCO)C=C(C(=NOCc4ccccc4)CC1SCC)C32. The third kappa shape index (κ3) is 8.13. The number of allylic oxidation sites excluding steroid dienone is 1. The van der Waals surface area contributed by atoms with Crippen molar-refractivity contribution < 1.29 is 29.3 Å². The molecule has 0 radical (unpaired) electrons. The first-order valence-electron chi connectivity index (χ1n) is 19.6. The quantitative estimate of drug-likeness (QED) is 0.0595. The molecule has 0 amide bonds. The summed E-state index contributed by atoms with van der Waals surface area (Å²) in [6.45, 7) is 7.28. The van der Waals surface area contributed by atoms with Crippen molar-refractivity contribution in [2.24, 2.45) is 22.9 Å². The Balaban J connectivity index is 1.36. The second-order valence-electron chi connectivity index (χ2n) is 14.6. The van der Waals surface area contributed by atoms with Crippen molar-refractivity contribution in [2.45, 2.75) is 75.4 Å². The molecule has 1 saturated carbocycles. The van der Waals surface area contributed by atoms with Gasteiger partial charge in [-0.05, 0) is 95.5 Å². The van der Waals surface area contributed by atoms with Crippen molar-refractivity contribution in [1.82, 2.24) is 0 Å². The van der Waals surface area contributed by atoms with E-state index in [1.165, 1.54) is 5.39 Å². The van der Waals surface area contributed by atoms with Crippen LogP contribution in [0.2, 0.25) is 0 Å². The summed E-state index contributed by atoms with van der Waals surface area (Å²) in [5.74, 6) is 2.55. The van der Waals surface area contributed by atoms with Crippen LogP contribution in [0.15, 0.2) is 120 Å². The van der Waals surface area contributed by atoms with Gasteiger partial charge in [-0.25, -0.2) is 0 Å². The minimum Gasteiger partial charge on any atom is -0.460 e. The third-order valence-corrected chi connectivity index (χ3v) is 12.4. The molecule has 2 aliphatic carbocycles. The van der Waals surface area contributed by atoms with Crippen LogP contribution >= 0.6 is 11.8 Å². The van der Waals surface area contributed by atoms with E-state index >= 15 is 0 Å². The molecule has 3 aliphatic rings. The number of aliphatic hydroxyl groups excluding tert-OH is 2. The van der Waals surface area contributed by atoms with E-state index in [2.05, 4.69) is 68.1 Å². The van der Waals surface area contributed by atoms with Crippen molar-refractivity contribution in [2.75, 3.05) is 25.6 Å². The van der Waals surface area contributed by atoms with Gasteiger partial charge in [0, 0.05) is 31.1 Å². The highest BCUT2D eigenvalue weighted by molar-refractivity contribution is 8.00. The molecule has 54 heavy (non-hydrogen) atoms. The fourth-order valence-electron chi connectivity index (χ4n) is 8.87. The van der Waals surface area contributed by atoms with Crippen molar-refractivity contribution in [1.29, 1.82) is 0 Å². The molecule has 0 saturated heterocycles. The third-order valence-electron chi connectivity index (χ3n) is 11.2. The van der Waals surface area contributed by atoms with Gasteiger partial charge < -0.3 is 29.3 Å². The summed E-state index contributed by atoms with van der Waals surface area (Å²) in [5.41, 5.74) is 4.25. The molecule has 8 heteroatoms. The van der Waals surface area contributed by atoms with E-state index in [0.29, 0.717) is 19.6 Å². The van der Waals surface area contributed by atoms with Gasteiger partial charge in [0.15, 0.2) is 0 Å². The second-order valence-corrected chi connectivity index (χ2v) is 16.1. The molecule has 0 bridgehead atoms. The van der Waals surface area contributed by atoms with E-state index in [1.54, 1.807) is 0 Å². The summed E-state index contributed by atoms with van der Waals surface area (Å²) in [5, 5.41) is 26.9. The van der Waals surface area contributed by atoms with Crippen molar-refractivity contribution >= 4 is 28.2 Å². The summed E-state index contributed by atoms with van der Waals surface area (Å²) in [6, 6.07) is 30.9. The van der Waals surface area contributed by atoms with Crippen molar-refractivity contribution in [3.63, 3.8) is 0 Å². The number of ether oxygens (including phenoxy) is 3. The topological polar surface area (TPSA) is 89.7 Å². The zero-order valence-electron chi connectivity index (χ0n) is 31.3. The number of unbranched alkanes of at least 4 members (excludes halogenated alkanes) is 2. The molecular formula is C46H53NO6S. The summed E-state index contributed by atoms with van der Waals surface area (Å²) >= 11 is 1.85. The highest BCUT2D eigenvalue weighted by atomic mass is 32.2. The van der Waals surface area contributed by atoms with Crippen LogP contribution in [0, 0.1) is 17.8 Å². The van der Waals surface area contributed by atoms with Crippen LogP contribution in [-0.4, -0.2) is 52.5 Å². The molecule has 7 nitrogen and oxygen atoms in total. The van der Waals surface area contributed by atoms with Crippen LogP contribution < -0.4 is 9.47 Å². The highest BCUT2D eigenvalue weighted by Gasteiger charge is 2.63. The molecule has 0 spiro atoms. The average Bonchev–Trinajstić information content (AvgIpc) is 3.20. The van der Waals surface area contributed by atoms with Crippen LogP contribution in [-0.2, 0) is 16.2 Å². The Kier molecular flexibility index (Phi) is 12.8. The summed E-state index contributed by atoms with van der Waals surface area (Å²) in [6.07, 6.45) is 10.1. The van der Waals surface area contributed by atoms with E-state index in [1.807, 2.05) is 60.3 Å². The fraction of sp³-hybridized carbons (Fsp3) is 0.413. The number of thioether (sulfide) groups is 1. The number of benzene rings is 4. The van der Waals surface area contributed by atoms with E-state index in [9.17, 15) is 10.2 Å². The zero-order valence-corrected chi connectivity index (χ0v) is 32.1. The Morgan fingerprint density at radius 2 is 1.63 bits per heavy atom. The number of fused-ring (bicyclic) bond motifs is 3. The highest BCUT2D eigenvalue weighted by Crippen LogP contribution is 2.62. The molecule has 7 rings (SSSR count). The summed E-state index contributed by atoms with van der Waals surface area (Å²) in [4.78, 5) is 6.16. The Morgan fingerprint density at radius 1 is 0.889 bits per heavy atom. The first-order chi connectivity index (χ1) is 26.6. The molecule has 6 unspecified atom stereocenters. The number of oxime groups is 1. The number of rotatable bonds is 18. The molecular weight excluding hydrogens is 695 g/mol. The van der Waals surface area contributed by atoms with E-state index in [0.717, 1.165) is 89.3 Å². The first kappa shape index (κ1) is 38.2. The smallest absolute Gasteiger partial charge is 0.230 e. The van der Waals surface area contributed by atoms with E-state index < -0.39 is 5.79 Å². The Hall–Kier alpha value is -4.08. The lowest BCUT2D eigenvalue weighted by molar-refractivity contribution is -0.223. The second kappa shape index (κ2) is 18.0. The average molecular weight is 748 g/mol. The van der Waals surface area contributed by atoms with Gasteiger partial charge >= 0.3 is 0 Å². The number of hydrogen-bond donors (Lipinski definition) is 2. The molecule has 2 N–H and O–H groups in total. The largest absolute Gasteiger partial charge is 0.460 e. The Morgan fingerprint density at radius 3 is 2.41 bits per heavy atom. The molecule has 4 aromatic carbocycles. The maximum absolute atomic E-state index is 9.89. The maximum Gasteiger partial charge on any atom is 0.230 e. The number of aliphatic hydroxyl groups is 2. The van der Waals surface area contributed by atoms with E-state index in [-0.39, 0.29) is 42.1 Å². The summed E-state index contributed by atoms with van der Waals surface area (Å²) < 4.78 is 20.8. The van der Waals surface area contributed by atoms with Crippen molar-refractivity contribution in [3.8, 4) is 17.2 Å². The van der Waals surface area contributed by atoms with Gasteiger partial charge in [-0.3, -0.25) is 0 Å². The number of nitrogens with zero attached hydrogens (tertiary/aromatic N) is 1. The molecule has 1 fully saturated rings. The standard InChI is InChI=1S/C46H53NO6S/c1-3-26-50-46-43(54-4-2)30-41(47-51-31-32-14-6-5-7-15-32)39-28-35(18-10-12-24-48)38(19-11-13-25-49)44(45(39)46)40-29-37(22-23-42(40)53-46)52-36-21-20-33-16-8-9-17-34(33)27-36/h3,5-9,14-17,20-23,27-29,35,38,43-45,48-49H,1,4,10-13,18-19,24-26,30-31H2,2H3. The fourth-order valence-corrected chi connectivity index (χ4v) is 10.0. The van der Waals surface area contributed by atoms with Gasteiger partial charge in [-0.1, -0.05) is 97.7 Å². The van der Waals surface area contributed by atoms with Crippen LogP contribution in [0.3, 0.4) is 0 Å². The monoisotopic (exact) mass is 747 g/mol. The van der Waals surface area contributed by atoms with Crippen LogP contribution in [0.5, 0.6) is 17.2 Å². The van der Waals surface area contributed by atoms with E-state index in [4.69, 9.17) is 24.2 Å². The lowest BCUT2D eigenvalue weighted by Crippen LogP contribution is -2.64. The van der Waals surface area contributed by atoms with Gasteiger partial charge in [0.25, 0.3) is 0 Å². The molecule has 0 aromatic heterocycles. The predicted molar refractivity (Wildman–Crippen MR) is 218 cm³/mol. The van der Waals surface area contributed by atoms with Gasteiger partial charge in [0.2, 0.25) is 5.79 Å². The Labute approximate surface area is 324 Å². The normalized spacial score (nSPS) is 25.0. The molecule has 1 aliphatic heterocycles. The van der Waals surface area contributed by atoms with Crippen LogP contribution in [0.25, 0.3) is 10.8 Å². The lowest BCUT2D eigenvalue weighted by atomic mass is 9.56. The minimum absolute atomic E-state index is 0.0103. The van der Waals surface area contributed by atoms with Gasteiger partial charge in [0.1, 0.15) is 23.9 Å². The lowest BCUT2D eigenvalue weighted by Gasteiger charge is -2.58. The number of hydrogen-bond acceptors (Lipinski definition) is 8. The zero-order chi connectivity index (χ0) is 37.3. The predicted octanol–water partition coefficient (Wildman–Crippen LogP) is 10.2. The molecule has 6 atom stereocenters. The molecule has 4 aromatic rings. The first-order valence-corrected chi connectivity index (χ1v) is 20.7. The molecule has 1 heterocycles. The maximum atomic E-state index is 9.89.